The van der Waals surface area contributed by atoms with Crippen molar-refractivity contribution in [3.05, 3.63) is 29.1 Å². The maximum absolute atomic E-state index is 12.4. The quantitative estimate of drug-likeness (QED) is 0.904. The van der Waals surface area contributed by atoms with Crippen LogP contribution in [0, 0.1) is 0 Å². The molecule has 2 aromatic heterocycles. The monoisotopic (exact) mass is 314 g/mol. The van der Waals surface area contributed by atoms with Crippen LogP contribution in [0.1, 0.15) is 78.8 Å². The standard InChI is InChI=1S/C16H22N6O/c1-10(15-21-20-14-5-3-2-4-8-22(14)15)17-16(23)13-9-12(18-19-13)11-6-7-11/h9-11H,2-8H2,1H3,(H,17,23)(H,18,19). The molecule has 1 aliphatic carbocycles. The summed E-state index contributed by atoms with van der Waals surface area (Å²) in [5.74, 6) is 2.28. The van der Waals surface area contributed by atoms with Crippen LogP contribution in [0.25, 0.3) is 0 Å². The molecule has 1 atom stereocenters. The van der Waals surface area contributed by atoms with E-state index in [9.17, 15) is 4.79 Å². The Morgan fingerprint density at radius 3 is 3.04 bits per heavy atom. The minimum absolute atomic E-state index is 0.161. The van der Waals surface area contributed by atoms with Gasteiger partial charge in [-0.3, -0.25) is 9.89 Å². The maximum atomic E-state index is 12.4. The average molecular weight is 314 g/mol. The number of carbonyl (C=O) groups is 1. The summed E-state index contributed by atoms with van der Waals surface area (Å²) in [6.07, 6.45) is 6.87. The van der Waals surface area contributed by atoms with Crippen LogP contribution in [-0.2, 0) is 13.0 Å². The van der Waals surface area contributed by atoms with Crippen molar-refractivity contribution in [3.63, 3.8) is 0 Å². The Morgan fingerprint density at radius 2 is 2.22 bits per heavy atom. The Kier molecular flexibility index (Phi) is 3.63. The lowest BCUT2D eigenvalue weighted by Crippen LogP contribution is -2.29. The zero-order valence-electron chi connectivity index (χ0n) is 13.4. The number of nitrogens with one attached hydrogen (secondary N) is 2. The van der Waals surface area contributed by atoms with E-state index in [1.54, 1.807) is 0 Å². The molecule has 0 bridgehead atoms. The number of nitrogens with zero attached hydrogens (tertiary/aromatic N) is 4. The second-order valence-corrected chi connectivity index (χ2v) is 6.61. The van der Waals surface area contributed by atoms with Crippen molar-refractivity contribution in [2.45, 2.75) is 64.0 Å². The lowest BCUT2D eigenvalue weighted by Gasteiger charge is -2.14. The van der Waals surface area contributed by atoms with Gasteiger partial charge in [0.05, 0.1) is 6.04 Å². The molecule has 0 saturated heterocycles. The Hall–Kier alpha value is -2.18. The molecule has 1 unspecified atom stereocenters. The first-order valence-corrected chi connectivity index (χ1v) is 8.50. The molecule has 4 rings (SSSR count). The van der Waals surface area contributed by atoms with E-state index in [1.807, 2.05) is 13.0 Å². The number of H-pyrrole nitrogens is 1. The van der Waals surface area contributed by atoms with Gasteiger partial charge in [0, 0.05) is 24.6 Å². The van der Waals surface area contributed by atoms with Gasteiger partial charge in [0.2, 0.25) is 0 Å². The summed E-state index contributed by atoms with van der Waals surface area (Å²) in [6.45, 7) is 2.89. The molecule has 3 heterocycles. The van der Waals surface area contributed by atoms with Gasteiger partial charge in [-0.1, -0.05) is 6.42 Å². The molecule has 7 nitrogen and oxygen atoms in total. The highest BCUT2D eigenvalue weighted by Gasteiger charge is 2.27. The van der Waals surface area contributed by atoms with Crippen LogP contribution >= 0.6 is 0 Å². The van der Waals surface area contributed by atoms with E-state index in [0.29, 0.717) is 11.6 Å². The summed E-state index contributed by atoms with van der Waals surface area (Å²) >= 11 is 0. The number of hydrogen-bond acceptors (Lipinski definition) is 4. The maximum Gasteiger partial charge on any atom is 0.272 e. The van der Waals surface area contributed by atoms with Crippen molar-refractivity contribution < 1.29 is 4.79 Å². The molecule has 0 aromatic carbocycles. The Balaban J connectivity index is 1.47. The predicted octanol–water partition coefficient (Wildman–Crippen LogP) is 2.10. The van der Waals surface area contributed by atoms with E-state index in [2.05, 4.69) is 30.3 Å². The lowest BCUT2D eigenvalue weighted by atomic mass is 10.2. The Morgan fingerprint density at radius 1 is 1.35 bits per heavy atom. The van der Waals surface area contributed by atoms with Gasteiger partial charge >= 0.3 is 0 Å². The van der Waals surface area contributed by atoms with Gasteiger partial charge in [0.1, 0.15) is 11.5 Å². The van der Waals surface area contributed by atoms with Gasteiger partial charge in [0.15, 0.2) is 5.82 Å². The minimum Gasteiger partial charge on any atom is -0.341 e. The fourth-order valence-corrected chi connectivity index (χ4v) is 3.22. The number of aromatic amines is 1. The number of hydrogen-bond donors (Lipinski definition) is 2. The molecule has 7 heteroatoms. The van der Waals surface area contributed by atoms with Gasteiger partial charge in [-0.15, -0.1) is 10.2 Å². The number of amides is 1. The first kappa shape index (κ1) is 14.4. The van der Waals surface area contributed by atoms with Crippen LogP contribution in [-0.4, -0.2) is 30.9 Å². The normalized spacial score (nSPS) is 19.0. The van der Waals surface area contributed by atoms with Crippen LogP contribution in [0.2, 0.25) is 0 Å². The summed E-state index contributed by atoms with van der Waals surface area (Å²) in [5, 5.41) is 18.7. The molecular formula is C16H22N6O. The van der Waals surface area contributed by atoms with Crippen LogP contribution in [0.15, 0.2) is 6.07 Å². The third kappa shape index (κ3) is 2.87. The summed E-state index contributed by atoms with van der Waals surface area (Å²) in [4.78, 5) is 12.4. The fraction of sp³-hybridized carbons (Fsp3) is 0.625. The molecule has 0 radical (unpaired) electrons. The highest BCUT2D eigenvalue weighted by molar-refractivity contribution is 5.92. The minimum atomic E-state index is -0.178. The van der Waals surface area contributed by atoms with Crippen LogP contribution in [0.3, 0.4) is 0 Å². The van der Waals surface area contributed by atoms with Gasteiger partial charge < -0.3 is 9.88 Å². The first-order valence-electron chi connectivity index (χ1n) is 8.50. The first-order chi connectivity index (χ1) is 11.2. The van der Waals surface area contributed by atoms with Gasteiger partial charge in [-0.25, -0.2) is 0 Å². The number of rotatable bonds is 4. The van der Waals surface area contributed by atoms with Crippen LogP contribution in [0.4, 0.5) is 0 Å². The lowest BCUT2D eigenvalue weighted by molar-refractivity contribution is 0.0932. The molecule has 2 aromatic rings. The summed E-state index contributed by atoms with van der Waals surface area (Å²) in [6, 6.07) is 1.69. The zero-order chi connectivity index (χ0) is 15.8. The summed E-state index contributed by atoms with van der Waals surface area (Å²) in [5.41, 5.74) is 1.52. The highest BCUT2D eigenvalue weighted by atomic mass is 16.2. The van der Waals surface area contributed by atoms with E-state index in [4.69, 9.17) is 0 Å². The van der Waals surface area contributed by atoms with Gasteiger partial charge in [0.25, 0.3) is 5.91 Å². The molecule has 1 aliphatic heterocycles. The Labute approximate surface area is 134 Å². The molecule has 1 amide bonds. The SMILES string of the molecule is CC(NC(=O)c1cc(C2CC2)[nH]n1)c1nnc2n1CCCCC2. The predicted molar refractivity (Wildman–Crippen MR) is 84.0 cm³/mol. The number of aryl methyl sites for hydroxylation is 1. The number of aromatic nitrogens is 5. The Bertz CT molecular complexity index is 714. The van der Waals surface area contributed by atoms with Crippen molar-refractivity contribution in [2.24, 2.45) is 0 Å². The second-order valence-electron chi connectivity index (χ2n) is 6.61. The molecule has 1 fully saturated rings. The summed E-state index contributed by atoms with van der Waals surface area (Å²) in [7, 11) is 0. The van der Waals surface area contributed by atoms with E-state index in [1.165, 1.54) is 19.3 Å². The third-order valence-corrected chi connectivity index (χ3v) is 4.72. The van der Waals surface area contributed by atoms with E-state index in [-0.39, 0.29) is 11.9 Å². The van der Waals surface area contributed by atoms with E-state index in [0.717, 1.165) is 43.1 Å². The van der Waals surface area contributed by atoms with Gasteiger partial charge in [-0.2, -0.15) is 5.10 Å². The number of fused-ring (bicyclic) bond motifs is 1. The van der Waals surface area contributed by atoms with Crippen molar-refractivity contribution in [2.75, 3.05) is 0 Å². The van der Waals surface area contributed by atoms with Crippen molar-refractivity contribution in [1.29, 1.82) is 0 Å². The molecule has 0 spiro atoms. The smallest absolute Gasteiger partial charge is 0.272 e. The molecule has 2 N–H and O–H groups in total. The van der Waals surface area contributed by atoms with E-state index < -0.39 is 0 Å². The van der Waals surface area contributed by atoms with Crippen molar-refractivity contribution >= 4 is 5.91 Å². The average Bonchev–Trinajstić information content (AvgIpc) is 3.21. The molecule has 122 valence electrons. The number of carbonyl (C=O) groups excluding carboxylic acids is 1. The largest absolute Gasteiger partial charge is 0.341 e. The van der Waals surface area contributed by atoms with Crippen molar-refractivity contribution in [1.82, 2.24) is 30.3 Å². The van der Waals surface area contributed by atoms with E-state index >= 15 is 0 Å². The van der Waals surface area contributed by atoms with Crippen LogP contribution in [0.5, 0.6) is 0 Å². The molecular weight excluding hydrogens is 292 g/mol. The summed E-state index contributed by atoms with van der Waals surface area (Å²) < 4.78 is 2.16. The van der Waals surface area contributed by atoms with Gasteiger partial charge in [-0.05, 0) is 38.7 Å². The topological polar surface area (TPSA) is 88.5 Å². The zero-order valence-corrected chi connectivity index (χ0v) is 13.4. The van der Waals surface area contributed by atoms with Crippen LogP contribution < -0.4 is 5.32 Å². The molecule has 1 saturated carbocycles. The second kappa shape index (κ2) is 5.79. The fourth-order valence-electron chi connectivity index (χ4n) is 3.22. The molecule has 2 aliphatic rings. The van der Waals surface area contributed by atoms with Crippen molar-refractivity contribution in [3.8, 4) is 0 Å². The highest BCUT2D eigenvalue weighted by Crippen LogP contribution is 2.39. The molecule has 23 heavy (non-hydrogen) atoms. The third-order valence-electron chi connectivity index (χ3n) is 4.72.